The molecule has 33 heavy (non-hydrogen) atoms. The van der Waals surface area contributed by atoms with E-state index < -0.39 is 59.0 Å². The fraction of sp³-hybridized carbons (Fsp3) is 0.500. The summed E-state index contributed by atoms with van der Waals surface area (Å²) in [5.41, 5.74) is -3.79. The Balaban J connectivity index is 2.22. The number of likely N-dealkylation sites (tertiary alicyclic amines) is 1. The van der Waals surface area contributed by atoms with Crippen molar-refractivity contribution in [3.63, 3.8) is 0 Å². The van der Waals surface area contributed by atoms with E-state index in [-0.39, 0.29) is 6.42 Å². The summed E-state index contributed by atoms with van der Waals surface area (Å²) in [6, 6.07) is 7.48. The number of ether oxygens (including phenoxy) is 5. The summed E-state index contributed by atoms with van der Waals surface area (Å²) in [4.78, 5) is 66.1. The SMILES string of the molecule is COC(=O)[C@@H](Cc1ccccc1)N1C(=O)[C@@]2(C(=O)OC)O[C@]1(C)[C@H](C(=O)OC)[C@@H]2C(=O)OC. The summed E-state index contributed by atoms with van der Waals surface area (Å²) in [7, 11) is 4.29. The summed E-state index contributed by atoms with van der Waals surface area (Å²) < 4.78 is 25.3. The lowest BCUT2D eigenvalue weighted by Gasteiger charge is -2.43. The molecule has 0 spiro atoms. The van der Waals surface area contributed by atoms with Crippen molar-refractivity contribution in [2.75, 3.05) is 28.4 Å². The molecule has 0 aromatic heterocycles. The monoisotopic (exact) mass is 463 g/mol. The second kappa shape index (κ2) is 8.81. The zero-order chi connectivity index (χ0) is 24.6. The number of hydrogen-bond acceptors (Lipinski definition) is 10. The molecule has 2 fully saturated rings. The highest BCUT2D eigenvalue weighted by molar-refractivity contribution is 6.14. The molecule has 0 N–H and O–H groups in total. The van der Waals surface area contributed by atoms with Crippen LogP contribution in [0.2, 0.25) is 0 Å². The first-order valence-corrected chi connectivity index (χ1v) is 10.0. The molecule has 3 rings (SSSR count). The lowest BCUT2D eigenvalue weighted by atomic mass is 9.72. The van der Waals surface area contributed by atoms with Crippen LogP contribution >= 0.6 is 0 Å². The number of piperidine rings is 1. The van der Waals surface area contributed by atoms with Gasteiger partial charge < -0.3 is 23.7 Å². The molecule has 0 unspecified atom stereocenters. The standard InChI is InChI=1S/C22H25NO10/c1-21-14(17(25)30-3)15(18(26)31-4)22(33-21,20(28)32-5)19(27)23(21)13(16(24)29-2)11-12-9-7-6-8-10-12/h6-10,13-15H,11H2,1-5H3/t13-,14+,15-,21-,22+/m1/s1. The number of esters is 4. The van der Waals surface area contributed by atoms with Gasteiger partial charge in [-0.3, -0.25) is 19.3 Å². The van der Waals surface area contributed by atoms with Crippen LogP contribution < -0.4 is 0 Å². The summed E-state index contributed by atoms with van der Waals surface area (Å²) in [5.74, 6) is -8.17. The summed E-state index contributed by atoms with van der Waals surface area (Å²) in [6.45, 7) is 1.33. The zero-order valence-electron chi connectivity index (χ0n) is 18.9. The Labute approximate surface area is 189 Å². The molecule has 11 heteroatoms. The number of carbonyl (C=O) groups excluding carboxylic acids is 5. The third-order valence-corrected chi connectivity index (χ3v) is 6.19. The zero-order valence-corrected chi connectivity index (χ0v) is 18.9. The normalized spacial score (nSPS) is 28.8. The minimum atomic E-state index is -2.54. The van der Waals surface area contributed by atoms with Gasteiger partial charge >= 0.3 is 23.9 Å². The Kier molecular flexibility index (Phi) is 6.46. The van der Waals surface area contributed by atoms with E-state index in [1.807, 2.05) is 0 Å². The van der Waals surface area contributed by atoms with Gasteiger partial charge in [0.1, 0.15) is 17.9 Å². The Hall–Kier alpha value is -3.47. The molecular weight excluding hydrogens is 438 g/mol. The Morgan fingerprint density at radius 3 is 2.03 bits per heavy atom. The van der Waals surface area contributed by atoms with Crippen LogP contribution in [-0.2, 0) is 54.1 Å². The lowest BCUT2D eigenvalue weighted by molar-refractivity contribution is -0.180. The van der Waals surface area contributed by atoms with Gasteiger partial charge in [0.15, 0.2) is 5.72 Å². The summed E-state index contributed by atoms with van der Waals surface area (Å²) in [6.07, 6.45) is -0.00770. The van der Waals surface area contributed by atoms with Gasteiger partial charge in [-0.2, -0.15) is 0 Å². The average Bonchev–Trinajstić information content (AvgIpc) is 3.25. The fourth-order valence-corrected chi connectivity index (χ4v) is 4.78. The van der Waals surface area contributed by atoms with Gasteiger partial charge in [0.2, 0.25) is 0 Å². The molecule has 2 aliphatic heterocycles. The van der Waals surface area contributed by atoms with Crippen molar-refractivity contribution in [1.29, 1.82) is 0 Å². The molecular formula is C22H25NO10. The summed E-state index contributed by atoms with van der Waals surface area (Å²) in [5, 5.41) is 0. The highest BCUT2D eigenvalue weighted by atomic mass is 16.6. The van der Waals surface area contributed by atoms with Crippen LogP contribution in [-0.4, -0.2) is 80.5 Å². The van der Waals surface area contributed by atoms with Crippen LogP contribution in [0.15, 0.2) is 30.3 Å². The maximum absolute atomic E-state index is 13.8. The number of nitrogens with zero attached hydrogens (tertiary/aromatic N) is 1. The quantitative estimate of drug-likeness (QED) is 0.305. The first-order chi connectivity index (χ1) is 15.6. The van der Waals surface area contributed by atoms with Crippen molar-refractivity contribution in [2.24, 2.45) is 11.8 Å². The highest BCUT2D eigenvalue weighted by Gasteiger charge is 2.83. The molecule has 2 saturated heterocycles. The van der Waals surface area contributed by atoms with E-state index in [9.17, 15) is 24.0 Å². The molecule has 0 aliphatic carbocycles. The fourth-order valence-electron chi connectivity index (χ4n) is 4.78. The topological polar surface area (TPSA) is 135 Å². The van der Waals surface area contributed by atoms with Gasteiger partial charge in [-0.15, -0.1) is 0 Å². The van der Waals surface area contributed by atoms with E-state index in [2.05, 4.69) is 0 Å². The van der Waals surface area contributed by atoms with E-state index in [4.69, 9.17) is 23.7 Å². The van der Waals surface area contributed by atoms with Crippen LogP contribution in [0.1, 0.15) is 12.5 Å². The van der Waals surface area contributed by atoms with E-state index >= 15 is 0 Å². The maximum atomic E-state index is 13.8. The predicted octanol–water partition coefficient (Wildman–Crippen LogP) is -0.150. The molecule has 2 bridgehead atoms. The molecule has 5 atom stereocenters. The van der Waals surface area contributed by atoms with Gasteiger partial charge in [0, 0.05) is 6.42 Å². The van der Waals surface area contributed by atoms with Crippen LogP contribution in [0.5, 0.6) is 0 Å². The van der Waals surface area contributed by atoms with Crippen LogP contribution in [0.4, 0.5) is 0 Å². The minimum Gasteiger partial charge on any atom is -0.469 e. The van der Waals surface area contributed by atoms with Crippen molar-refractivity contribution in [2.45, 2.75) is 30.7 Å². The molecule has 0 radical (unpaired) electrons. The van der Waals surface area contributed by atoms with Crippen molar-refractivity contribution < 1.29 is 47.7 Å². The third-order valence-electron chi connectivity index (χ3n) is 6.19. The lowest BCUT2D eigenvalue weighted by Crippen LogP contribution is -2.67. The number of hydrogen-bond donors (Lipinski definition) is 0. The van der Waals surface area contributed by atoms with E-state index in [1.54, 1.807) is 30.3 Å². The molecule has 1 aromatic carbocycles. The van der Waals surface area contributed by atoms with Crippen molar-refractivity contribution in [3.05, 3.63) is 35.9 Å². The van der Waals surface area contributed by atoms with Crippen molar-refractivity contribution in [3.8, 4) is 0 Å². The molecule has 2 heterocycles. The van der Waals surface area contributed by atoms with Crippen LogP contribution in [0.3, 0.4) is 0 Å². The van der Waals surface area contributed by atoms with E-state index in [0.717, 1.165) is 33.3 Å². The van der Waals surface area contributed by atoms with Crippen LogP contribution in [0, 0.1) is 11.8 Å². The molecule has 11 nitrogen and oxygen atoms in total. The first-order valence-electron chi connectivity index (χ1n) is 10.0. The molecule has 2 aliphatic rings. The second-order valence-corrected chi connectivity index (χ2v) is 7.79. The van der Waals surface area contributed by atoms with E-state index in [1.165, 1.54) is 6.92 Å². The minimum absolute atomic E-state index is 0.00770. The van der Waals surface area contributed by atoms with Crippen molar-refractivity contribution >= 4 is 29.8 Å². The van der Waals surface area contributed by atoms with Gasteiger partial charge in [-0.05, 0) is 12.5 Å². The number of carbonyl (C=O) groups is 5. The summed E-state index contributed by atoms with van der Waals surface area (Å²) >= 11 is 0. The number of fused-ring (bicyclic) bond motifs is 2. The van der Waals surface area contributed by atoms with Gasteiger partial charge in [-0.1, -0.05) is 30.3 Å². The first kappa shape index (κ1) is 24.2. The van der Waals surface area contributed by atoms with Gasteiger partial charge in [0.05, 0.1) is 28.4 Å². The molecule has 0 saturated carbocycles. The highest BCUT2D eigenvalue weighted by Crippen LogP contribution is 2.57. The van der Waals surface area contributed by atoms with Gasteiger partial charge in [-0.25, -0.2) is 9.59 Å². The average molecular weight is 463 g/mol. The smallest absolute Gasteiger partial charge is 0.349 e. The van der Waals surface area contributed by atoms with Gasteiger partial charge in [0.25, 0.3) is 11.5 Å². The molecule has 178 valence electrons. The number of rotatable bonds is 7. The largest absolute Gasteiger partial charge is 0.469 e. The number of amides is 1. The Morgan fingerprint density at radius 2 is 1.52 bits per heavy atom. The Bertz CT molecular complexity index is 979. The van der Waals surface area contributed by atoms with Crippen LogP contribution in [0.25, 0.3) is 0 Å². The maximum Gasteiger partial charge on any atom is 0.349 e. The second-order valence-electron chi connectivity index (χ2n) is 7.79. The van der Waals surface area contributed by atoms with E-state index in [0.29, 0.717) is 5.56 Å². The molecule has 1 amide bonds. The predicted molar refractivity (Wildman–Crippen MR) is 108 cm³/mol. The number of benzene rings is 1. The number of methoxy groups -OCH3 is 4. The van der Waals surface area contributed by atoms with Crippen molar-refractivity contribution in [1.82, 2.24) is 4.90 Å². The Morgan fingerprint density at radius 1 is 0.939 bits per heavy atom. The molecule has 1 aromatic rings. The third kappa shape index (κ3) is 3.43.